The molecule has 4 rings (SSSR count). The molecular weight excluding hydrogens is 382 g/mol. The molecule has 3 aromatic carbocycles. The highest BCUT2D eigenvalue weighted by Gasteiger charge is 2.19. The summed E-state index contributed by atoms with van der Waals surface area (Å²) in [5, 5.41) is 0. The highest BCUT2D eigenvalue weighted by atomic mass is 16.2. The van der Waals surface area contributed by atoms with Gasteiger partial charge in [-0.15, -0.1) is 0 Å². The van der Waals surface area contributed by atoms with Gasteiger partial charge in [-0.05, 0) is 28.7 Å². The van der Waals surface area contributed by atoms with Gasteiger partial charge in [-0.2, -0.15) is 0 Å². The van der Waals surface area contributed by atoms with Crippen molar-refractivity contribution in [2.24, 2.45) is 0 Å². The molecule has 1 amide bonds. The topological polar surface area (TPSA) is 38.1 Å². The minimum atomic E-state index is 0.0552. The predicted molar refractivity (Wildman–Crippen MR) is 127 cm³/mol. The number of amides is 1. The first-order chi connectivity index (χ1) is 14.8. The molecule has 4 aromatic rings. The van der Waals surface area contributed by atoms with E-state index in [1.165, 1.54) is 5.56 Å². The molecule has 0 fully saturated rings. The van der Waals surface area contributed by atoms with Crippen molar-refractivity contribution in [1.82, 2.24) is 14.5 Å². The van der Waals surface area contributed by atoms with Crippen molar-refractivity contribution in [3.8, 4) is 11.4 Å². The first kappa shape index (κ1) is 20.9. The van der Waals surface area contributed by atoms with E-state index in [1.807, 2.05) is 66.2 Å². The number of aromatic nitrogens is 2. The molecule has 31 heavy (non-hydrogen) atoms. The summed E-state index contributed by atoms with van der Waals surface area (Å²) in [7, 11) is 1.85. The van der Waals surface area contributed by atoms with Crippen molar-refractivity contribution in [2.45, 2.75) is 39.3 Å². The smallest absolute Gasteiger partial charge is 0.242 e. The summed E-state index contributed by atoms with van der Waals surface area (Å²) in [5.41, 5.74) is 5.37. The van der Waals surface area contributed by atoms with Crippen molar-refractivity contribution in [3.05, 3.63) is 90.0 Å². The number of fused-ring (bicyclic) bond motifs is 1. The second-order valence-corrected chi connectivity index (χ2v) is 9.07. The molecule has 4 nitrogen and oxygen atoms in total. The Bertz CT molecular complexity index is 1180. The summed E-state index contributed by atoms with van der Waals surface area (Å²) in [6, 6.07) is 26.6. The van der Waals surface area contributed by atoms with Gasteiger partial charge in [0.2, 0.25) is 5.91 Å². The summed E-state index contributed by atoms with van der Waals surface area (Å²) in [6.45, 7) is 7.46. The molecule has 4 heteroatoms. The quantitative estimate of drug-likeness (QED) is 0.425. The highest BCUT2D eigenvalue weighted by molar-refractivity contribution is 5.84. The number of imidazole rings is 1. The molecule has 0 N–H and O–H groups in total. The van der Waals surface area contributed by atoms with Gasteiger partial charge in [0, 0.05) is 19.2 Å². The van der Waals surface area contributed by atoms with E-state index in [2.05, 4.69) is 45.0 Å². The standard InChI is InChI=1S/C27H29N3O/c1-27(2,3)22-16-14-21(15-17-22)26-28-23-12-8-9-13-24(23)30(26)19-25(31)29(4)18-20-10-6-5-7-11-20/h5-17H,18-19H2,1-4H3. The fraction of sp³-hybridized carbons (Fsp3) is 0.259. The summed E-state index contributed by atoms with van der Waals surface area (Å²) in [4.78, 5) is 19.7. The third-order valence-corrected chi connectivity index (χ3v) is 5.65. The number of carbonyl (C=O) groups is 1. The molecule has 0 saturated carbocycles. The van der Waals surface area contributed by atoms with Crippen LogP contribution >= 0.6 is 0 Å². The van der Waals surface area contributed by atoms with Gasteiger partial charge in [-0.1, -0.05) is 87.5 Å². The second kappa shape index (κ2) is 8.38. The Morgan fingerprint density at radius 3 is 2.23 bits per heavy atom. The van der Waals surface area contributed by atoms with Crippen LogP contribution in [0.2, 0.25) is 0 Å². The van der Waals surface area contributed by atoms with Crippen LogP contribution in [-0.4, -0.2) is 27.4 Å². The zero-order chi connectivity index (χ0) is 22.0. The monoisotopic (exact) mass is 411 g/mol. The van der Waals surface area contributed by atoms with Crippen LogP contribution in [0.15, 0.2) is 78.9 Å². The largest absolute Gasteiger partial charge is 0.340 e. The maximum Gasteiger partial charge on any atom is 0.242 e. The fourth-order valence-corrected chi connectivity index (χ4v) is 3.78. The lowest BCUT2D eigenvalue weighted by molar-refractivity contribution is -0.130. The van der Waals surface area contributed by atoms with Crippen LogP contribution in [0.3, 0.4) is 0 Å². The van der Waals surface area contributed by atoms with Crippen LogP contribution in [0.5, 0.6) is 0 Å². The van der Waals surface area contributed by atoms with Crippen LogP contribution in [-0.2, 0) is 23.3 Å². The number of carbonyl (C=O) groups excluding carboxylic acids is 1. The maximum atomic E-state index is 13.1. The molecule has 0 aliphatic heterocycles. The van der Waals surface area contributed by atoms with E-state index >= 15 is 0 Å². The number of hydrogen-bond donors (Lipinski definition) is 0. The first-order valence-electron chi connectivity index (χ1n) is 10.7. The summed E-state index contributed by atoms with van der Waals surface area (Å²) >= 11 is 0. The number of hydrogen-bond acceptors (Lipinski definition) is 2. The van der Waals surface area contributed by atoms with Crippen molar-refractivity contribution >= 4 is 16.9 Å². The minimum absolute atomic E-state index is 0.0552. The molecule has 0 aliphatic rings. The van der Waals surface area contributed by atoms with Crippen molar-refractivity contribution < 1.29 is 4.79 Å². The van der Waals surface area contributed by atoms with Crippen molar-refractivity contribution in [1.29, 1.82) is 0 Å². The molecule has 1 aromatic heterocycles. The molecule has 0 spiro atoms. The lowest BCUT2D eigenvalue weighted by atomic mass is 9.87. The molecule has 158 valence electrons. The van der Waals surface area contributed by atoms with E-state index in [1.54, 1.807) is 4.90 Å². The van der Waals surface area contributed by atoms with Crippen LogP contribution in [0.4, 0.5) is 0 Å². The fourth-order valence-electron chi connectivity index (χ4n) is 3.78. The number of likely N-dealkylation sites (N-methyl/N-ethyl adjacent to an activating group) is 1. The third kappa shape index (κ3) is 4.53. The molecule has 0 aliphatic carbocycles. The molecular formula is C27H29N3O. The number of benzene rings is 3. The number of rotatable bonds is 5. The first-order valence-corrected chi connectivity index (χ1v) is 10.7. The van der Waals surface area contributed by atoms with Crippen LogP contribution in [0.25, 0.3) is 22.4 Å². The Morgan fingerprint density at radius 2 is 1.55 bits per heavy atom. The SMILES string of the molecule is CN(Cc1ccccc1)C(=O)Cn1c(-c2ccc(C(C)(C)C)cc2)nc2ccccc21. The summed E-state index contributed by atoms with van der Waals surface area (Å²) < 4.78 is 2.03. The average Bonchev–Trinajstić information content (AvgIpc) is 3.12. The average molecular weight is 412 g/mol. The van der Waals surface area contributed by atoms with Crippen LogP contribution in [0, 0.1) is 0 Å². The second-order valence-electron chi connectivity index (χ2n) is 9.07. The van der Waals surface area contributed by atoms with Crippen molar-refractivity contribution in [3.63, 3.8) is 0 Å². The van der Waals surface area contributed by atoms with Crippen LogP contribution < -0.4 is 0 Å². The van der Waals surface area contributed by atoms with Gasteiger partial charge in [0.15, 0.2) is 0 Å². The van der Waals surface area contributed by atoms with Gasteiger partial charge >= 0.3 is 0 Å². The Morgan fingerprint density at radius 1 is 0.903 bits per heavy atom. The predicted octanol–water partition coefficient (Wildman–Crippen LogP) is 5.66. The Hall–Kier alpha value is -3.40. The Balaban J connectivity index is 1.66. The normalized spacial score (nSPS) is 11.6. The zero-order valence-corrected chi connectivity index (χ0v) is 18.7. The number of nitrogens with zero attached hydrogens (tertiary/aromatic N) is 3. The molecule has 0 atom stereocenters. The van der Waals surface area contributed by atoms with E-state index in [-0.39, 0.29) is 17.9 Å². The number of para-hydroxylation sites is 2. The van der Waals surface area contributed by atoms with E-state index in [0.29, 0.717) is 6.54 Å². The third-order valence-electron chi connectivity index (χ3n) is 5.65. The summed E-state index contributed by atoms with van der Waals surface area (Å²) in [6.07, 6.45) is 0. The minimum Gasteiger partial charge on any atom is -0.340 e. The van der Waals surface area contributed by atoms with Gasteiger partial charge < -0.3 is 9.47 Å². The van der Waals surface area contributed by atoms with E-state index in [9.17, 15) is 4.79 Å². The van der Waals surface area contributed by atoms with E-state index in [0.717, 1.165) is 28.0 Å². The van der Waals surface area contributed by atoms with Gasteiger partial charge in [-0.3, -0.25) is 4.79 Å². The molecule has 0 radical (unpaired) electrons. The zero-order valence-electron chi connectivity index (χ0n) is 18.7. The molecule has 0 saturated heterocycles. The molecule has 0 bridgehead atoms. The van der Waals surface area contributed by atoms with Gasteiger partial charge in [0.1, 0.15) is 12.4 Å². The lowest BCUT2D eigenvalue weighted by Crippen LogP contribution is -2.30. The van der Waals surface area contributed by atoms with Crippen LogP contribution in [0.1, 0.15) is 31.9 Å². The Kier molecular flexibility index (Phi) is 5.64. The molecule has 0 unspecified atom stereocenters. The Labute approximate surface area is 184 Å². The summed E-state index contributed by atoms with van der Waals surface area (Å²) in [5.74, 6) is 0.877. The van der Waals surface area contributed by atoms with Gasteiger partial charge in [-0.25, -0.2) is 4.98 Å². The van der Waals surface area contributed by atoms with Crippen molar-refractivity contribution in [2.75, 3.05) is 7.05 Å². The van der Waals surface area contributed by atoms with E-state index < -0.39 is 0 Å². The maximum absolute atomic E-state index is 13.1. The van der Waals surface area contributed by atoms with Gasteiger partial charge in [0.05, 0.1) is 11.0 Å². The van der Waals surface area contributed by atoms with Gasteiger partial charge in [0.25, 0.3) is 0 Å². The van der Waals surface area contributed by atoms with E-state index in [4.69, 9.17) is 4.98 Å². The highest BCUT2D eigenvalue weighted by Crippen LogP contribution is 2.28. The lowest BCUT2D eigenvalue weighted by Gasteiger charge is -2.20. The molecule has 1 heterocycles.